The predicted octanol–water partition coefficient (Wildman–Crippen LogP) is 0.927. The SMILES string of the molecule is C[C@@H]1[C@H](C)CCC[C@H]1N1C[C@H](C(=O)OCC(=O)N2CCC(C(N)=O)CC2)CC1=O. The molecule has 1 aliphatic carbocycles. The molecule has 3 amide bonds. The van der Waals surface area contributed by atoms with Gasteiger partial charge < -0.3 is 20.3 Å². The molecule has 2 N–H and O–H groups in total. The first-order chi connectivity index (χ1) is 13.8. The van der Waals surface area contributed by atoms with Gasteiger partial charge in [0.15, 0.2) is 6.61 Å². The second-order valence-corrected chi connectivity index (χ2v) is 8.95. The van der Waals surface area contributed by atoms with Crippen molar-refractivity contribution in [3.8, 4) is 0 Å². The van der Waals surface area contributed by atoms with Gasteiger partial charge in [-0.3, -0.25) is 19.2 Å². The number of hydrogen-bond acceptors (Lipinski definition) is 5. The summed E-state index contributed by atoms with van der Waals surface area (Å²) in [6.07, 6.45) is 4.52. The van der Waals surface area contributed by atoms with Crippen LogP contribution in [0.15, 0.2) is 0 Å². The van der Waals surface area contributed by atoms with Gasteiger partial charge in [0, 0.05) is 38.0 Å². The second kappa shape index (κ2) is 9.13. The summed E-state index contributed by atoms with van der Waals surface area (Å²) in [4.78, 5) is 52.0. The third kappa shape index (κ3) is 4.90. The van der Waals surface area contributed by atoms with Crippen molar-refractivity contribution in [1.29, 1.82) is 0 Å². The fourth-order valence-corrected chi connectivity index (χ4v) is 4.96. The standard InChI is InChI=1S/C21H33N3O5/c1-13-4-3-5-17(14(13)2)24-11-16(10-18(24)25)21(28)29-12-19(26)23-8-6-15(7-9-23)20(22)27/h13-17H,3-12H2,1-2H3,(H2,22,27)/t13-,14-,16-,17-/m1/s1. The van der Waals surface area contributed by atoms with Crippen molar-refractivity contribution in [3.05, 3.63) is 0 Å². The molecule has 2 saturated heterocycles. The summed E-state index contributed by atoms with van der Waals surface area (Å²) in [5, 5.41) is 0. The molecule has 0 aromatic rings. The van der Waals surface area contributed by atoms with Gasteiger partial charge in [0.25, 0.3) is 5.91 Å². The molecule has 8 nitrogen and oxygen atoms in total. The molecule has 3 fully saturated rings. The highest BCUT2D eigenvalue weighted by molar-refractivity contribution is 5.88. The van der Waals surface area contributed by atoms with E-state index < -0.39 is 11.9 Å². The van der Waals surface area contributed by atoms with E-state index in [1.54, 1.807) is 4.90 Å². The normalized spacial score (nSPS) is 31.0. The van der Waals surface area contributed by atoms with E-state index in [1.807, 2.05) is 4.90 Å². The van der Waals surface area contributed by atoms with E-state index in [4.69, 9.17) is 10.5 Å². The van der Waals surface area contributed by atoms with Gasteiger partial charge in [0.05, 0.1) is 5.92 Å². The number of amides is 3. The summed E-state index contributed by atoms with van der Waals surface area (Å²) in [5.41, 5.74) is 5.31. The first-order valence-electron chi connectivity index (χ1n) is 10.8. The maximum atomic E-state index is 12.5. The van der Waals surface area contributed by atoms with Crippen LogP contribution in [-0.2, 0) is 23.9 Å². The van der Waals surface area contributed by atoms with Crippen LogP contribution in [0.4, 0.5) is 0 Å². The Morgan fingerprint density at radius 1 is 1.07 bits per heavy atom. The molecule has 0 spiro atoms. The number of primary amides is 1. The summed E-state index contributed by atoms with van der Waals surface area (Å²) < 4.78 is 5.25. The van der Waals surface area contributed by atoms with Crippen LogP contribution < -0.4 is 5.73 Å². The average Bonchev–Trinajstić information content (AvgIpc) is 3.09. The Labute approximate surface area is 172 Å². The Hall–Kier alpha value is -2.12. The molecule has 0 aromatic carbocycles. The number of hydrogen-bond donors (Lipinski definition) is 1. The highest BCUT2D eigenvalue weighted by atomic mass is 16.5. The zero-order valence-electron chi connectivity index (χ0n) is 17.5. The van der Waals surface area contributed by atoms with Gasteiger partial charge in [-0.15, -0.1) is 0 Å². The fraction of sp³-hybridized carbons (Fsp3) is 0.810. The van der Waals surface area contributed by atoms with Crippen LogP contribution in [-0.4, -0.2) is 65.8 Å². The van der Waals surface area contributed by atoms with Gasteiger partial charge >= 0.3 is 5.97 Å². The minimum atomic E-state index is -0.500. The van der Waals surface area contributed by atoms with Crippen molar-refractivity contribution >= 4 is 23.7 Å². The smallest absolute Gasteiger partial charge is 0.311 e. The molecule has 4 atom stereocenters. The van der Waals surface area contributed by atoms with E-state index in [0.717, 1.165) is 12.8 Å². The molecule has 8 heteroatoms. The first kappa shape index (κ1) is 21.6. The third-order valence-corrected chi connectivity index (χ3v) is 7.14. The highest BCUT2D eigenvalue weighted by Gasteiger charge is 2.42. The number of carbonyl (C=O) groups excluding carboxylic acids is 4. The maximum Gasteiger partial charge on any atom is 0.311 e. The van der Waals surface area contributed by atoms with E-state index in [1.165, 1.54) is 6.42 Å². The average molecular weight is 408 g/mol. The Morgan fingerprint density at radius 2 is 1.76 bits per heavy atom. The number of nitrogens with two attached hydrogens (primary N) is 1. The topological polar surface area (TPSA) is 110 Å². The lowest BCUT2D eigenvalue weighted by Crippen LogP contribution is -2.45. The summed E-state index contributed by atoms with van der Waals surface area (Å²) >= 11 is 0. The lowest BCUT2D eigenvalue weighted by atomic mass is 9.77. The maximum absolute atomic E-state index is 12.5. The van der Waals surface area contributed by atoms with E-state index >= 15 is 0 Å². The quantitative estimate of drug-likeness (QED) is 0.682. The summed E-state index contributed by atoms with van der Waals surface area (Å²) in [6.45, 7) is 5.36. The molecule has 29 heavy (non-hydrogen) atoms. The van der Waals surface area contributed by atoms with Crippen molar-refractivity contribution < 1.29 is 23.9 Å². The molecule has 0 radical (unpaired) electrons. The molecule has 2 heterocycles. The molecule has 0 bridgehead atoms. The van der Waals surface area contributed by atoms with Crippen LogP contribution in [0.2, 0.25) is 0 Å². The summed E-state index contributed by atoms with van der Waals surface area (Å²) in [7, 11) is 0. The Bertz CT molecular complexity index is 659. The van der Waals surface area contributed by atoms with Crippen LogP contribution in [0, 0.1) is 23.7 Å². The van der Waals surface area contributed by atoms with Crippen molar-refractivity contribution in [3.63, 3.8) is 0 Å². The lowest BCUT2D eigenvalue weighted by Gasteiger charge is -2.39. The van der Waals surface area contributed by atoms with E-state index in [-0.39, 0.29) is 42.7 Å². The minimum Gasteiger partial charge on any atom is -0.455 e. The Kier molecular flexibility index (Phi) is 6.80. The fourth-order valence-electron chi connectivity index (χ4n) is 4.96. The van der Waals surface area contributed by atoms with Gasteiger partial charge in [-0.25, -0.2) is 0 Å². The van der Waals surface area contributed by atoms with E-state index in [0.29, 0.717) is 44.3 Å². The van der Waals surface area contributed by atoms with Crippen LogP contribution in [0.3, 0.4) is 0 Å². The summed E-state index contributed by atoms with van der Waals surface area (Å²) in [6, 6.07) is 0.192. The monoisotopic (exact) mass is 407 g/mol. The zero-order chi connectivity index (χ0) is 21.1. The molecular formula is C21H33N3O5. The number of likely N-dealkylation sites (tertiary alicyclic amines) is 2. The van der Waals surface area contributed by atoms with Crippen LogP contribution in [0.1, 0.15) is 52.4 Å². The lowest BCUT2D eigenvalue weighted by molar-refractivity contribution is -0.156. The first-order valence-corrected chi connectivity index (χ1v) is 10.8. The van der Waals surface area contributed by atoms with E-state index in [2.05, 4.69) is 13.8 Å². The minimum absolute atomic E-state index is 0.0118. The third-order valence-electron chi connectivity index (χ3n) is 7.14. The largest absolute Gasteiger partial charge is 0.455 e. The van der Waals surface area contributed by atoms with Crippen molar-refractivity contribution in [2.75, 3.05) is 26.2 Å². The molecule has 3 rings (SSSR count). The zero-order valence-corrected chi connectivity index (χ0v) is 17.5. The van der Waals surface area contributed by atoms with Crippen LogP contribution in [0.5, 0.6) is 0 Å². The number of carbonyl (C=O) groups is 4. The number of ether oxygens (including phenoxy) is 1. The van der Waals surface area contributed by atoms with Gasteiger partial charge in [-0.1, -0.05) is 26.7 Å². The van der Waals surface area contributed by atoms with Gasteiger partial charge in [-0.05, 0) is 31.1 Å². The number of nitrogens with zero attached hydrogens (tertiary/aromatic N) is 2. The molecule has 0 aromatic heterocycles. The van der Waals surface area contributed by atoms with Crippen LogP contribution in [0.25, 0.3) is 0 Å². The molecule has 162 valence electrons. The molecule has 1 saturated carbocycles. The van der Waals surface area contributed by atoms with Crippen molar-refractivity contribution in [2.24, 2.45) is 29.4 Å². The number of rotatable bonds is 5. The second-order valence-electron chi connectivity index (χ2n) is 8.95. The molecule has 2 aliphatic heterocycles. The predicted molar refractivity (Wildman–Crippen MR) is 105 cm³/mol. The highest BCUT2D eigenvalue weighted by Crippen LogP contribution is 2.35. The Balaban J connectivity index is 1.46. The molecule has 3 aliphatic rings. The van der Waals surface area contributed by atoms with Gasteiger partial charge in [0.2, 0.25) is 11.8 Å². The Morgan fingerprint density at radius 3 is 2.41 bits per heavy atom. The molecular weight excluding hydrogens is 374 g/mol. The number of esters is 1. The molecule has 0 unspecified atom stereocenters. The van der Waals surface area contributed by atoms with Crippen molar-refractivity contribution in [1.82, 2.24) is 9.80 Å². The van der Waals surface area contributed by atoms with Crippen LogP contribution >= 0.6 is 0 Å². The van der Waals surface area contributed by atoms with Gasteiger partial charge in [-0.2, -0.15) is 0 Å². The van der Waals surface area contributed by atoms with Crippen molar-refractivity contribution in [2.45, 2.75) is 58.4 Å². The number of piperidine rings is 1. The summed E-state index contributed by atoms with van der Waals surface area (Å²) in [5.74, 6) is -0.758. The van der Waals surface area contributed by atoms with E-state index in [9.17, 15) is 19.2 Å². The van der Waals surface area contributed by atoms with Gasteiger partial charge in [0.1, 0.15) is 0 Å².